The van der Waals surface area contributed by atoms with E-state index in [9.17, 15) is 0 Å². The van der Waals surface area contributed by atoms with Crippen molar-refractivity contribution in [3.63, 3.8) is 0 Å². The van der Waals surface area contributed by atoms with Crippen LogP contribution in [0.25, 0.3) is 0 Å². The Hall–Kier alpha value is -1.12. The van der Waals surface area contributed by atoms with Crippen LogP contribution in [0.3, 0.4) is 0 Å². The monoisotopic (exact) mass is 230 g/mol. The van der Waals surface area contributed by atoms with Crippen molar-refractivity contribution in [1.82, 2.24) is 0 Å². The van der Waals surface area contributed by atoms with E-state index in [1.807, 2.05) is 6.07 Å². The number of allylic oxidation sites excluding steroid dienone is 2. The summed E-state index contributed by atoms with van der Waals surface area (Å²) in [5.41, 5.74) is 1.22. The van der Waals surface area contributed by atoms with Gasteiger partial charge in [0, 0.05) is 5.92 Å². The quantitative estimate of drug-likeness (QED) is 0.724. The third-order valence-electron chi connectivity index (χ3n) is 3.58. The molecule has 3 unspecified atom stereocenters. The van der Waals surface area contributed by atoms with Crippen LogP contribution in [0.4, 0.5) is 0 Å². The molecule has 1 saturated heterocycles. The van der Waals surface area contributed by atoms with Crippen molar-refractivity contribution in [1.29, 1.82) is 0 Å². The van der Waals surface area contributed by atoms with E-state index in [4.69, 9.17) is 9.47 Å². The molecule has 2 aliphatic rings. The number of benzene rings is 1. The molecule has 1 aliphatic heterocycles. The predicted molar refractivity (Wildman–Crippen MR) is 66.5 cm³/mol. The summed E-state index contributed by atoms with van der Waals surface area (Å²) in [5, 5.41) is 0. The van der Waals surface area contributed by atoms with Gasteiger partial charge in [0.1, 0.15) is 6.10 Å². The van der Waals surface area contributed by atoms with Crippen molar-refractivity contribution >= 4 is 0 Å². The standard InChI is InChI=1S/C15H18O2/c1-3-7-12(8-4-1)14-11-16-15(17-14)13-9-5-2-6-10-13/h1-5,7-8,13-15H,6,9-11H2. The Kier molecular flexibility index (Phi) is 3.25. The van der Waals surface area contributed by atoms with E-state index >= 15 is 0 Å². The molecule has 1 aromatic rings. The van der Waals surface area contributed by atoms with Crippen LogP contribution >= 0.6 is 0 Å². The summed E-state index contributed by atoms with van der Waals surface area (Å²) in [6.07, 6.45) is 8.03. The summed E-state index contributed by atoms with van der Waals surface area (Å²) in [7, 11) is 0. The van der Waals surface area contributed by atoms with Crippen molar-refractivity contribution in [3.05, 3.63) is 48.0 Å². The number of ether oxygens (including phenoxy) is 2. The largest absolute Gasteiger partial charge is 0.349 e. The number of hydrogen-bond donors (Lipinski definition) is 0. The Labute approximate surface area is 102 Å². The lowest BCUT2D eigenvalue weighted by molar-refractivity contribution is -0.0988. The smallest absolute Gasteiger partial charge is 0.161 e. The molecule has 2 heteroatoms. The molecule has 3 rings (SSSR count). The molecule has 90 valence electrons. The van der Waals surface area contributed by atoms with Gasteiger partial charge in [0.05, 0.1) is 6.61 Å². The van der Waals surface area contributed by atoms with Gasteiger partial charge in [0.2, 0.25) is 0 Å². The maximum Gasteiger partial charge on any atom is 0.161 e. The first kappa shape index (κ1) is 11.0. The summed E-state index contributed by atoms with van der Waals surface area (Å²) >= 11 is 0. The minimum atomic E-state index is -0.00911. The second kappa shape index (κ2) is 5.03. The molecular weight excluding hydrogens is 212 g/mol. The first-order valence-corrected chi connectivity index (χ1v) is 6.40. The molecule has 1 aliphatic carbocycles. The molecule has 0 saturated carbocycles. The van der Waals surface area contributed by atoms with Crippen LogP contribution in [-0.4, -0.2) is 12.9 Å². The second-order valence-electron chi connectivity index (χ2n) is 4.78. The lowest BCUT2D eigenvalue weighted by Gasteiger charge is -2.23. The molecule has 0 aromatic heterocycles. The maximum atomic E-state index is 6.03. The van der Waals surface area contributed by atoms with Crippen LogP contribution in [0.15, 0.2) is 42.5 Å². The average molecular weight is 230 g/mol. The Morgan fingerprint density at radius 1 is 1.06 bits per heavy atom. The van der Waals surface area contributed by atoms with Gasteiger partial charge >= 0.3 is 0 Å². The number of hydrogen-bond acceptors (Lipinski definition) is 2. The van der Waals surface area contributed by atoms with E-state index in [1.165, 1.54) is 12.0 Å². The fourth-order valence-electron chi connectivity index (χ4n) is 2.58. The van der Waals surface area contributed by atoms with E-state index < -0.39 is 0 Å². The molecule has 0 N–H and O–H groups in total. The summed E-state index contributed by atoms with van der Waals surface area (Å²) in [5.74, 6) is 0.536. The fraction of sp³-hybridized carbons (Fsp3) is 0.467. The van der Waals surface area contributed by atoms with Gasteiger partial charge in [0.25, 0.3) is 0 Å². The molecule has 2 nitrogen and oxygen atoms in total. The van der Waals surface area contributed by atoms with Gasteiger partial charge in [-0.25, -0.2) is 0 Å². The molecule has 1 heterocycles. The predicted octanol–water partition coefficient (Wildman–Crippen LogP) is 3.46. The van der Waals surface area contributed by atoms with Gasteiger partial charge in [-0.05, 0) is 24.8 Å². The highest BCUT2D eigenvalue weighted by molar-refractivity contribution is 5.18. The van der Waals surface area contributed by atoms with Crippen LogP contribution in [0, 0.1) is 5.92 Å². The Bertz CT molecular complexity index is 385. The first-order chi connectivity index (χ1) is 8.43. The first-order valence-electron chi connectivity index (χ1n) is 6.40. The number of rotatable bonds is 2. The van der Waals surface area contributed by atoms with Crippen LogP contribution in [-0.2, 0) is 9.47 Å². The van der Waals surface area contributed by atoms with Crippen molar-refractivity contribution in [2.45, 2.75) is 31.7 Å². The van der Waals surface area contributed by atoms with E-state index in [1.54, 1.807) is 0 Å². The average Bonchev–Trinajstić information content (AvgIpc) is 2.90. The van der Waals surface area contributed by atoms with E-state index in [2.05, 4.69) is 36.4 Å². The van der Waals surface area contributed by atoms with Gasteiger partial charge in [-0.3, -0.25) is 0 Å². The summed E-state index contributed by atoms with van der Waals surface area (Å²) in [6, 6.07) is 10.3. The van der Waals surface area contributed by atoms with Gasteiger partial charge < -0.3 is 9.47 Å². The van der Waals surface area contributed by atoms with Crippen LogP contribution < -0.4 is 0 Å². The lowest BCUT2D eigenvalue weighted by atomic mass is 9.94. The van der Waals surface area contributed by atoms with Gasteiger partial charge in [-0.1, -0.05) is 42.5 Å². The van der Waals surface area contributed by atoms with Crippen molar-refractivity contribution < 1.29 is 9.47 Å². The minimum absolute atomic E-state index is 0.00911. The molecule has 3 atom stereocenters. The highest BCUT2D eigenvalue weighted by Crippen LogP contribution is 2.34. The Balaban J connectivity index is 1.64. The normalized spacial score (nSPS) is 32.8. The Morgan fingerprint density at radius 3 is 2.71 bits per heavy atom. The summed E-state index contributed by atoms with van der Waals surface area (Å²) in [4.78, 5) is 0. The van der Waals surface area contributed by atoms with Gasteiger partial charge in [-0.15, -0.1) is 0 Å². The van der Waals surface area contributed by atoms with E-state index in [0.29, 0.717) is 12.5 Å². The third kappa shape index (κ3) is 2.43. The molecule has 0 radical (unpaired) electrons. The second-order valence-corrected chi connectivity index (χ2v) is 4.78. The van der Waals surface area contributed by atoms with Gasteiger partial charge in [0.15, 0.2) is 6.29 Å². The van der Waals surface area contributed by atoms with Crippen LogP contribution in [0.5, 0.6) is 0 Å². The summed E-state index contributed by atoms with van der Waals surface area (Å²) < 4.78 is 11.8. The third-order valence-corrected chi connectivity index (χ3v) is 3.58. The topological polar surface area (TPSA) is 18.5 Å². The Morgan fingerprint density at radius 2 is 1.94 bits per heavy atom. The van der Waals surface area contributed by atoms with E-state index in [-0.39, 0.29) is 12.4 Å². The van der Waals surface area contributed by atoms with Crippen molar-refractivity contribution in [3.8, 4) is 0 Å². The highest BCUT2D eigenvalue weighted by Gasteiger charge is 2.32. The zero-order valence-corrected chi connectivity index (χ0v) is 9.92. The van der Waals surface area contributed by atoms with Crippen LogP contribution in [0.1, 0.15) is 30.9 Å². The van der Waals surface area contributed by atoms with Gasteiger partial charge in [-0.2, -0.15) is 0 Å². The molecule has 1 fully saturated rings. The molecule has 17 heavy (non-hydrogen) atoms. The molecule has 0 bridgehead atoms. The molecular formula is C15H18O2. The zero-order valence-electron chi connectivity index (χ0n) is 9.92. The minimum Gasteiger partial charge on any atom is -0.349 e. The zero-order chi connectivity index (χ0) is 11.5. The summed E-state index contributed by atoms with van der Waals surface area (Å²) in [6.45, 7) is 0.689. The van der Waals surface area contributed by atoms with Crippen molar-refractivity contribution in [2.75, 3.05) is 6.61 Å². The maximum absolute atomic E-state index is 6.03. The molecule has 0 spiro atoms. The van der Waals surface area contributed by atoms with Crippen LogP contribution in [0.2, 0.25) is 0 Å². The molecule has 0 amide bonds. The fourth-order valence-corrected chi connectivity index (χ4v) is 2.58. The SMILES string of the molecule is C1=CCC(C2OCC(c3ccccc3)O2)CC1. The van der Waals surface area contributed by atoms with Crippen molar-refractivity contribution in [2.24, 2.45) is 5.92 Å². The van der Waals surface area contributed by atoms with E-state index in [0.717, 1.165) is 12.8 Å². The highest BCUT2D eigenvalue weighted by atomic mass is 16.7. The molecule has 1 aromatic carbocycles. The lowest BCUT2D eigenvalue weighted by Crippen LogP contribution is -2.22.